The van der Waals surface area contributed by atoms with Gasteiger partial charge in [-0.15, -0.1) is 0 Å². The highest BCUT2D eigenvalue weighted by Crippen LogP contribution is 2.14. The van der Waals surface area contributed by atoms with Gasteiger partial charge in [0, 0.05) is 18.8 Å². The highest BCUT2D eigenvalue weighted by atomic mass is 32.2. The van der Waals surface area contributed by atoms with Crippen molar-refractivity contribution in [3.05, 3.63) is 0 Å². The van der Waals surface area contributed by atoms with E-state index in [1.807, 2.05) is 11.8 Å². The lowest BCUT2D eigenvalue weighted by Gasteiger charge is -2.31. The van der Waals surface area contributed by atoms with Crippen LogP contribution in [0.3, 0.4) is 0 Å². The third kappa shape index (κ3) is 3.78. The summed E-state index contributed by atoms with van der Waals surface area (Å²) in [6.07, 6.45) is 4.67. The minimum atomic E-state index is 0.741. The highest BCUT2D eigenvalue weighted by molar-refractivity contribution is 7.98. The molecule has 4 heteroatoms. The maximum absolute atomic E-state index is 5.92. The third-order valence-electron chi connectivity index (χ3n) is 2.55. The average molecular weight is 215 g/mol. The number of nitrogens with two attached hydrogens (primary N) is 1. The molecule has 1 fully saturated rings. The smallest absolute Gasteiger partial charge is 0.191 e. The van der Waals surface area contributed by atoms with E-state index in [0.29, 0.717) is 0 Å². The zero-order valence-corrected chi connectivity index (χ0v) is 10.0. The Morgan fingerprint density at radius 3 is 3.07 bits per heavy atom. The standard InChI is InChI=1S/C10H21N3S/c1-9-4-3-6-13(8-9)10(11)12-5-7-14-2/h9H,3-8H2,1-2H3,(H2,11,12)/t9-/m0/s1. The highest BCUT2D eigenvalue weighted by Gasteiger charge is 2.17. The van der Waals surface area contributed by atoms with E-state index in [1.165, 1.54) is 12.8 Å². The molecular formula is C10H21N3S. The van der Waals surface area contributed by atoms with Crippen LogP contribution in [0.25, 0.3) is 0 Å². The third-order valence-corrected chi connectivity index (χ3v) is 3.14. The SMILES string of the molecule is CSCCN=C(N)N1CCC[C@H](C)C1. The summed E-state index contributed by atoms with van der Waals surface area (Å²) in [5, 5.41) is 0. The first-order valence-corrected chi connectivity index (χ1v) is 6.67. The minimum absolute atomic E-state index is 0.741. The Hall–Kier alpha value is -0.380. The summed E-state index contributed by atoms with van der Waals surface area (Å²) >= 11 is 1.81. The van der Waals surface area contributed by atoms with Gasteiger partial charge in [-0.3, -0.25) is 4.99 Å². The van der Waals surface area contributed by atoms with E-state index in [-0.39, 0.29) is 0 Å². The van der Waals surface area contributed by atoms with Gasteiger partial charge >= 0.3 is 0 Å². The maximum atomic E-state index is 5.92. The second kappa shape index (κ2) is 6.17. The van der Waals surface area contributed by atoms with E-state index in [2.05, 4.69) is 23.1 Å². The number of guanidine groups is 1. The molecule has 0 aromatic heterocycles. The predicted octanol–water partition coefficient (Wildman–Crippen LogP) is 1.40. The topological polar surface area (TPSA) is 41.6 Å². The molecule has 2 N–H and O–H groups in total. The summed E-state index contributed by atoms with van der Waals surface area (Å²) in [4.78, 5) is 6.59. The van der Waals surface area contributed by atoms with Crippen molar-refractivity contribution >= 4 is 17.7 Å². The van der Waals surface area contributed by atoms with Crippen molar-refractivity contribution in [3.63, 3.8) is 0 Å². The minimum Gasteiger partial charge on any atom is -0.370 e. The van der Waals surface area contributed by atoms with Crippen molar-refractivity contribution in [1.82, 2.24) is 4.90 Å². The van der Waals surface area contributed by atoms with Gasteiger partial charge in [0.05, 0.1) is 6.54 Å². The van der Waals surface area contributed by atoms with Crippen LogP contribution in [0.2, 0.25) is 0 Å². The molecule has 0 bridgehead atoms. The van der Waals surface area contributed by atoms with Gasteiger partial charge in [0.15, 0.2) is 5.96 Å². The van der Waals surface area contributed by atoms with Crippen LogP contribution in [0.1, 0.15) is 19.8 Å². The van der Waals surface area contributed by atoms with Gasteiger partial charge in [0.1, 0.15) is 0 Å². The summed E-state index contributed by atoms with van der Waals surface area (Å²) < 4.78 is 0. The van der Waals surface area contributed by atoms with Crippen LogP contribution in [0, 0.1) is 5.92 Å². The Bertz CT molecular complexity index is 194. The first-order chi connectivity index (χ1) is 6.74. The quantitative estimate of drug-likeness (QED) is 0.439. The first-order valence-electron chi connectivity index (χ1n) is 5.28. The lowest BCUT2D eigenvalue weighted by Crippen LogP contribution is -2.43. The summed E-state index contributed by atoms with van der Waals surface area (Å²) in [6.45, 7) is 5.28. The van der Waals surface area contributed by atoms with Gasteiger partial charge < -0.3 is 10.6 Å². The Morgan fingerprint density at radius 1 is 1.64 bits per heavy atom. The van der Waals surface area contributed by atoms with Gasteiger partial charge in [0.2, 0.25) is 0 Å². The fourth-order valence-corrected chi connectivity index (χ4v) is 2.02. The zero-order chi connectivity index (χ0) is 10.4. The zero-order valence-electron chi connectivity index (χ0n) is 9.20. The normalized spacial score (nSPS) is 24.0. The van der Waals surface area contributed by atoms with Crippen molar-refractivity contribution in [3.8, 4) is 0 Å². The van der Waals surface area contributed by atoms with E-state index in [9.17, 15) is 0 Å². The Kier molecular flexibility index (Phi) is 5.15. The van der Waals surface area contributed by atoms with Crippen molar-refractivity contribution in [2.75, 3.05) is 31.6 Å². The molecule has 1 heterocycles. The van der Waals surface area contributed by atoms with Crippen LogP contribution >= 0.6 is 11.8 Å². The lowest BCUT2D eigenvalue weighted by atomic mass is 10.0. The van der Waals surface area contributed by atoms with Crippen molar-refractivity contribution in [2.24, 2.45) is 16.6 Å². The second-order valence-corrected chi connectivity index (χ2v) is 4.91. The molecular weight excluding hydrogens is 194 g/mol. The van der Waals surface area contributed by atoms with Gasteiger partial charge in [-0.1, -0.05) is 6.92 Å². The summed E-state index contributed by atoms with van der Waals surface area (Å²) in [5.74, 6) is 2.56. The van der Waals surface area contributed by atoms with Gasteiger partial charge in [0.25, 0.3) is 0 Å². The Labute approximate surface area is 91.1 Å². The van der Waals surface area contributed by atoms with Crippen molar-refractivity contribution < 1.29 is 0 Å². The fraction of sp³-hybridized carbons (Fsp3) is 0.900. The van der Waals surface area contributed by atoms with Crippen LogP contribution in [0.4, 0.5) is 0 Å². The lowest BCUT2D eigenvalue weighted by molar-refractivity contribution is 0.270. The molecule has 0 aliphatic carbocycles. The predicted molar refractivity (Wildman–Crippen MR) is 64.8 cm³/mol. The number of nitrogens with zero attached hydrogens (tertiary/aromatic N) is 2. The summed E-state index contributed by atoms with van der Waals surface area (Å²) in [6, 6.07) is 0. The van der Waals surface area contributed by atoms with Crippen LogP contribution in [0.15, 0.2) is 4.99 Å². The van der Waals surface area contributed by atoms with E-state index in [1.54, 1.807) is 0 Å². The molecule has 0 amide bonds. The largest absolute Gasteiger partial charge is 0.370 e. The number of piperidine rings is 1. The monoisotopic (exact) mass is 215 g/mol. The molecule has 0 unspecified atom stereocenters. The van der Waals surface area contributed by atoms with Gasteiger partial charge in [-0.2, -0.15) is 11.8 Å². The number of hydrogen-bond donors (Lipinski definition) is 1. The van der Waals surface area contributed by atoms with E-state index >= 15 is 0 Å². The van der Waals surface area contributed by atoms with Gasteiger partial charge in [-0.25, -0.2) is 0 Å². The molecule has 1 rings (SSSR count). The molecule has 0 radical (unpaired) electrons. The molecule has 0 aromatic carbocycles. The number of hydrogen-bond acceptors (Lipinski definition) is 2. The molecule has 3 nitrogen and oxygen atoms in total. The van der Waals surface area contributed by atoms with Gasteiger partial charge in [-0.05, 0) is 25.0 Å². The molecule has 1 atom stereocenters. The van der Waals surface area contributed by atoms with Crippen molar-refractivity contribution in [1.29, 1.82) is 0 Å². The number of rotatable bonds is 3. The second-order valence-electron chi connectivity index (χ2n) is 3.93. The first kappa shape index (κ1) is 11.7. The van der Waals surface area contributed by atoms with Crippen LogP contribution in [-0.4, -0.2) is 42.5 Å². The number of thioether (sulfide) groups is 1. The molecule has 1 saturated heterocycles. The van der Waals surface area contributed by atoms with Crippen LogP contribution in [-0.2, 0) is 0 Å². The molecule has 0 saturated carbocycles. The fourth-order valence-electron chi connectivity index (χ4n) is 1.75. The number of likely N-dealkylation sites (tertiary alicyclic amines) is 1. The Morgan fingerprint density at radius 2 is 2.43 bits per heavy atom. The van der Waals surface area contributed by atoms with E-state index < -0.39 is 0 Å². The Balaban J connectivity index is 2.34. The molecule has 14 heavy (non-hydrogen) atoms. The molecule has 1 aliphatic rings. The summed E-state index contributed by atoms with van der Waals surface area (Å²) in [7, 11) is 0. The van der Waals surface area contributed by atoms with Crippen LogP contribution < -0.4 is 5.73 Å². The van der Waals surface area contributed by atoms with Crippen LogP contribution in [0.5, 0.6) is 0 Å². The van der Waals surface area contributed by atoms with E-state index in [4.69, 9.17) is 5.73 Å². The van der Waals surface area contributed by atoms with Crippen molar-refractivity contribution in [2.45, 2.75) is 19.8 Å². The maximum Gasteiger partial charge on any atom is 0.191 e. The average Bonchev–Trinajstić information content (AvgIpc) is 2.18. The number of aliphatic imine (C=N–C) groups is 1. The summed E-state index contributed by atoms with van der Waals surface area (Å²) in [5.41, 5.74) is 5.92. The van der Waals surface area contributed by atoms with E-state index in [0.717, 1.165) is 37.3 Å². The molecule has 0 aromatic rings. The molecule has 1 aliphatic heterocycles. The molecule has 82 valence electrons. The molecule has 0 spiro atoms.